The maximum Gasteiger partial charge on any atom is 0.251 e. The van der Waals surface area contributed by atoms with E-state index in [-0.39, 0.29) is 17.8 Å². The fourth-order valence-corrected chi connectivity index (χ4v) is 4.30. The minimum Gasteiger partial charge on any atom is -0.439 e. The maximum absolute atomic E-state index is 12.6. The molecule has 11 heteroatoms. The highest BCUT2D eigenvalue weighted by molar-refractivity contribution is 5.94. The average Bonchev–Trinajstić information content (AvgIpc) is 3.67. The van der Waals surface area contributed by atoms with Gasteiger partial charge in [-0.2, -0.15) is 0 Å². The lowest BCUT2D eigenvalue weighted by molar-refractivity contribution is 0.0857. The predicted molar refractivity (Wildman–Crippen MR) is 134 cm³/mol. The highest BCUT2D eigenvalue weighted by Gasteiger charge is 2.21. The molecule has 0 aliphatic carbocycles. The van der Waals surface area contributed by atoms with Crippen molar-refractivity contribution < 1.29 is 18.9 Å². The third kappa shape index (κ3) is 4.59. The number of carbonyl (C=O) groups is 1. The van der Waals surface area contributed by atoms with Crippen molar-refractivity contribution in [2.45, 2.75) is 18.9 Å². The monoisotopic (exact) mass is 497 g/mol. The van der Waals surface area contributed by atoms with Gasteiger partial charge >= 0.3 is 0 Å². The van der Waals surface area contributed by atoms with Crippen LogP contribution in [0.15, 0.2) is 71.5 Å². The molecule has 0 saturated carbocycles. The van der Waals surface area contributed by atoms with Crippen molar-refractivity contribution in [3.8, 4) is 28.8 Å². The van der Waals surface area contributed by atoms with E-state index >= 15 is 0 Å². The summed E-state index contributed by atoms with van der Waals surface area (Å²) in [7, 11) is 0. The van der Waals surface area contributed by atoms with Crippen LogP contribution in [0.3, 0.4) is 0 Å². The number of pyridine rings is 1. The standard InChI is InChI=1S/C26H23N7O4/c27-24-23(31-37-32-24)25-30-20-15-28-22(13-21(20)33(25)17-7-2-1-3-8-17)36-18-9-4-6-16(12-18)26(34)29-14-19-10-5-11-35-19/h1-4,6-9,12-13,15,19H,5,10-11,14H2,(H2,27,32)(H,29,34). The predicted octanol–water partition coefficient (Wildman–Crippen LogP) is 3.75. The number of anilines is 1. The molecule has 186 valence electrons. The summed E-state index contributed by atoms with van der Waals surface area (Å²) in [5.41, 5.74) is 8.95. The average molecular weight is 498 g/mol. The zero-order chi connectivity index (χ0) is 25.2. The van der Waals surface area contributed by atoms with Crippen molar-refractivity contribution in [3.63, 3.8) is 0 Å². The van der Waals surface area contributed by atoms with Crippen LogP contribution in [0.5, 0.6) is 11.6 Å². The Balaban J connectivity index is 1.31. The van der Waals surface area contributed by atoms with E-state index in [2.05, 4.69) is 25.6 Å². The molecule has 3 aromatic heterocycles. The molecule has 11 nitrogen and oxygen atoms in total. The number of nitrogens with zero attached hydrogens (tertiary/aromatic N) is 5. The van der Waals surface area contributed by atoms with E-state index in [0.717, 1.165) is 30.7 Å². The molecule has 0 bridgehead atoms. The molecule has 1 aliphatic heterocycles. The Labute approximate surface area is 211 Å². The Kier molecular flexibility index (Phi) is 5.95. The van der Waals surface area contributed by atoms with Gasteiger partial charge in [-0.1, -0.05) is 24.3 Å². The minimum atomic E-state index is -0.185. The topological polar surface area (TPSA) is 143 Å². The molecule has 1 unspecified atom stereocenters. The summed E-state index contributed by atoms with van der Waals surface area (Å²) in [5.74, 6) is 1.22. The van der Waals surface area contributed by atoms with Gasteiger partial charge in [0.2, 0.25) is 5.88 Å². The lowest BCUT2D eigenvalue weighted by Gasteiger charge is -2.12. The number of nitrogens with two attached hydrogens (primary N) is 1. The molecule has 1 amide bonds. The van der Waals surface area contributed by atoms with Crippen LogP contribution < -0.4 is 15.8 Å². The summed E-state index contributed by atoms with van der Waals surface area (Å²) in [6.07, 6.45) is 3.66. The molecule has 1 atom stereocenters. The number of rotatable bonds is 7. The smallest absolute Gasteiger partial charge is 0.251 e. The first kappa shape index (κ1) is 22.7. The van der Waals surface area contributed by atoms with Crippen LogP contribution >= 0.6 is 0 Å². The van der Waals surface area contributed by atoms with E-state index in [4.69, 9.17) is 19.8 Å². The Bertz CT molecular complexity index is 1560. The second-order valence-electron chi connectivity index (χ2n) is 8.59. The van der Waals surface area contributed by atoms with Crippen molar-refractivity contribution in [1.29, 1.82) is 0 Å². The Morgan fingerprint density at radius 2 is 2.03 bits per heavy atom. The van der Waals surface area contributed by atoms with Crippen molar-refractivity contribution in [1.82, 2.24) is 30.2 Å². The summed E-state index contributed by atoms with van der Waals surface area (Å²) < 4.78 is 18.3. The number of imidazole rings is 1. The van der Waals surface area contributed by atoms with Gasteiger partial charge in [-0.15, -0.1) is 0 Å². The van der Waals surface area contributed by atoms with E-state index in [0.29, 0.717) is 40.8 Å². The minimum absolute atomic E-state index is 0.0713. The fourth-order valence-electron chi connectivity index (χ4n) is 4.30. The molecule has 5 aromatic rings. The molecule has 0 spiro atoms. The van der Waals surface area contributed by atoms with Gasteiger partial charge in [-0.25, -0.2) is 14.6 Å². The van der Waals surface area contributed by atoms with Gasteiger partial charge in [0.15, 0.2) is 17.3 Å². The first-order valence-electron chi connectivity index (χ1n) is 11.9. The van der Waals surface area contributed by atoms with Crippen LogP contribution in [0, 0.1) is 0 Å². The number of hydrogen-bond acceptors (Lipinski definition) is 9. The Morgan fingerprint density at radius 1 is 1.14 bits per heavy atom. The van der Waals surface area contributed by atoms with Crippen molar-refractivity contribution in [2.75, 3.05) is 18.9 Å². The highest BCUT2D eigenvalue weighted by atomic mass is 16.6. The normalized spacial score (nSPS) is 15.2. The third-order valence-electron chi connectivity index (χ3n) is 6.09. The SMILES string of the molecule is Nc1nonc1-c1nc2cnc(Oc3cccc(C(=O)NCC4CCCO4)c3)cc2n1-c1ccccc1. The first-order chi connectivity index (χ1) is 18.2. The summed E-state index contributed by atoms with van der Waals surface area (Å²) in [6, 6.07) is 18.4. The largest absolute Gasteiger partial charge is 0.439 e. The number of amides is 1. The van der Waals surface area contributed by atoms with Gasteiger partial charge in [-0.05, 0) is 53.5 Å². The van der Waals surface area contributed by atoms with Crippen LogP contribution in [0.2, 0.25) is 0 Å². The van der Waals surface area contributed by atoms with Gasteiger partial charge < -0.3 is 20.5 Å². The van der Waals surface area contributed by atoms with E-state index < -0.39 is 0 Å². The molecule has 6 rings (SSSR count). The van der Waals surface area contributed by atoms with Crippen molar-refractivity contribution in [3.05, 3.63) is 72.4 Å². The van der Waals surface area contributed by atoms with Gasteiger partial charge in [0.05, 0.1) is 17.8 Å². The van der Waals surface area contributed by atoms with E-state index in [1.807, 2.05) is 34.9 Å². The summed E-state index contributed by atoms with van der Waals surface area (Å²) in [6.45, 7) is 1.23. The lowest BCUT2D eigenvalue weighted by atomic mass is 10.2. The number of aromatic nitrogens is 5. The second-order valence-corrected chi connectivity index (χ2v) is 8.59. The van der Waals surface area contributed by atoms with E-state index in [1.165, 1.54) is 0 Å². The van der Waals surface area contributed by atoms with Crippen LogP contribution in [0.25, 0.3) is 28.2 Å². The van der Waals surface area contributed by atoms with Crippen molar-refractivity contribution >= 4 is 22.8 Å². The quantitative estimate of drug-likeness (QED) is 0.343. The van der Waals surface area contributed by atoms with Gasteiger partial charge in [0, 0.05) is 30.5 Å². The second kappa shape index (κ2) is 9.70. The summed E-state index contributed by atoms with van der Waals surface area (Å²) in [4.78, 5) is 21.7. The van der Waals surface area contributed by atoms with Gasteiger partial charge in [0.1, 0.15) is 11.3 Å². The van der Waals surface area contributed by atoms with Crippen LogP contribution in [-0.4, -0.2) is 50.0 Å². The van der Waals surface area contributed by atoms with Crippen LogP contribution in [0.1, 0.15) is 23.2 Å². The number of nitrogens with one attached hydrogen (secondary N) is 1. The highest BCUT2D eigenvalue weighted by Crippen LogP contribution is 2.32. The van der Waals surface area contributed by atoms with E-state index in [1.54, 1.807) is 36.5 Å². The summed E-state index contributed by atoms with van der Waals surface area (Å²) in [5, 5.41) is 10.5. The fraction of sp³-hybridized carbons (Fsp3) is 0.192. The number of fused-ring (bicyclic) bond motifs is 1. The van der Waals surface area contributed by atoms with E-state index in [9.17, 15) is 4.79 Å². The number of ether oxygens (including phenoxy) is 2. The lowest BCUT2D eigenvalue weighted by Crippen LogP contribution is -2.31. The third-order valence-corrected chi connectivity index (χ3v) is 6.09. The number of benzene rings is 2. The molecule has 1 aliphatic rings. The first-order valence-corrected chi connectivity index (χ1v) is 11.9. The Hall–Kier alpha value is -4.77. The number of nitrogen functional groups attached to an aromatic ring is 1. The van der Waals surface area contributed by atoms with Crippen molar-refractivity contribution in [2.24, 2.45) is 0 Å². The maximum atomic E-state index is 12.6. The molecule has 3 N–H and O–H groups in total. The van der Waals surface area contributed by atoms with Gasteiger partial charge in [0.25, 0.3) is 5.91 Å². The van der Waals surface area contributed by atoms with Crippen LogP contribution in [0.4, 0.5) is 5.82 Å². The molecule has 37 heavy (non-hydrogen) atoms. The number of carbonyl (C=O) groups excluding carboxylic acids is 1. The van der Waals surface area contributed by atoms with Gasteiger partial charge in [-0.3, -0.25) is 9.36 Å². The molecule has 2 aromatic carbocycles. The van der Waals surface area contributed by atoms with Crippen LogP contribution in [-0.2, 0) is 4.74 Å². The Morgan fingerprint density at radius 3 is 2.81 bits per heavy atom. The molecular weight excluding hydrogens is 474 g/mol. The zero-order valence-electron chi connectivity index (χ0n) is 19.7. The molecule has 0 radical (unpaired) electrons. The molecule has 4 heterocycles. The molecular formula is C26H23N7O4. The summed E-state index contributed by atoms with van der Waals surface area (Å²) >= 11 is 0. The molecule has 1 saturated heterocycles. The molecule has 1 fully saturated rings. The zero-order valence-corrected chi connectivity index (χ0v) is 19.7. The number of para-hydroxylation sites is 1. The number of hydrogen-bond donors (Lipinski definition) is 2.